The maximum absolute atomic E-state index is 14.4. The molecular weight excluding hydrogens is 813 g/mol. The number of fused-ring (bicyclic) bond motifs is 2. The van der Waals surface area contributed by atoms with Gasteiger partial charge in [-0.05, 0) is 62.1 Å². The van der Waals surface area contributed by atoms with Crippen molar-refractivity contribution in [2.45, 2.75) is 107 Å². The number of benzene rings is 2. The average molecular weight is 871 g/mol. The van der Waals surface area contributed by atoms with Crippen LogP contribution in [-0.2, 0) is 51.2 Å². The summed E-state index contributed by atoms with van der Waals surface area (Å²) in [5, 5.41) is 17.3. The Bertz CT molecular complexity index is 2160. The normalized spacial score (nSPS) is 22.0. The van der Waals surface area contributed by atoms with Crippen LogP contribution >= 0.6 is 0 Å². The van der Waals surface area contributed by atoms with Crippen LogP contribution in [0.2, 0.25) is 0 Å². The van der Waals surface area contributed by atoms with E-state index in [0.717, 1.165) is 16.5 Å². The van der Waals surface area contributed by atoms with E-state index in [-0.39, 0.29) is 83.4 Å². The number of H-pyrrole nitrogens is 1. The van der Waals surface area contributed by atoms with Crippen LogP contribution in [-0.4, -0.2) is 119 Å². The summed E-state index contributed by atoms with van der Waals surface area (Å²) >= 11 is 0. The van der Waals surface area contributed by atoms with Crippen molar-refractivity contribution in [3.63, 3.8) is 0 Å². The molecule has 0 saturated carbocycles. The maximum atomic E-state index is 14.4. The Morgan fingerprint density at radius 1 is 0.825 bits per heavy atom. The molecular formula is C43H58N12O8. The second kappa shape index (κ2) is 22.7. The van der Waals surface area contributed by atoms with Crippen LogP contribution in [0.25, 0.3) is 10.9 Å². The first-order valence-corrected chi connectivity index (χ1v) is 21.2. The molecule has 0 radical (unpaired) electrons. The molecule has 20 heteroatoms. The van der Waals surface area contributed by atoms with Crippen molar-refractivity contribution in [1.82, 2.24) is 41.8 Å². The highest BCUT2D eigenvalue weighted by atomic mass is 16.2. The number of aromatic amines is 1. The third kappa shape index (κ3) is 13.8. The molecule has 2 aliphatic rings. The third-order valence-corrected chi connectivity index (χ3v) is 11.0. The maximum Gasteiger partial charge on any atom is 0.245 e. The summed E-state index contributed by atoms with van der Waals surface area (Å²) in [6, 6.07) is 9.34. The average Bonchev–Trinajstić information content (AvgIpc) is 3.91. The zero-order valence-corrected chi connectivity index (χ0v) is 35.3. The quantitative estimate of drug-likeness (QED) is 0.0514. The lowest BCUT2D eigenvalue weighted by atomic mass is 10.0. The molecule has 338 valence electrons. The van der Waals surface area contributed by atoms with Gasteiger partial charge in [-0.15, -0.1) is 0 Å². The summed E-state index contributed by atoms with van der Waals surface area (Å²) in [5.41, 5.74) is 18.7. The van der Waals surface area contributed by atoms with Crippen molar-refractivity contribution in [2.75, 3.05) is 19.6 Å². The van der Waals surface area contributed by atoms with Crippen molar-refractivity contribution in [2.24, 2.45) is 22.2 Å². The molecule has 1 aromatic heterocycles. The van der Waals surface area contributed by atoms with Gasteiger partial charge in [0.1, 0.15) is 36.3 Å². The summed E-state index contributed by atoms with van der Waals surface area (Å²) < 4.78 is 0. The molecule has 0 bridgehead atoms. The number of rotatable bonds is 14. The monoisotopic (exact) mass is 870 g/mol. The van der Waals surface area contributed by atoms with Crippen molar-refractivity contribution in [3.05, 3.63) is 71.9 Å². The van der Waals surface area contributed by atoms with E-state index >= 15 is 0 Å². The number of nitrogens with two attached hydrogens (primary N) is 3. The van der Waals surface area contributed by atoms with Crippen molar-refractivity contribution in [1.29, 1.82) is 0 Å². The Balaban J connectivity index is 1.47. The topological polar surface area (TPSA) is 318 Å². The number of primary amides is 1. The van der Waals surface area contributed by atoms with E-state index in [4.69, 9.17) is 17.2 Å². The number of carbonyl (C=O) groups excluding carboxylic acids is 8. The fourth-order valence-electron chi connectivity index (χ4n) is 7.85. The number of nitrogens with one attached hydrogen (secondary N) is 7. The molecule has 3 heterocycles. The minimum absolute atomic E-state index is 0.0195. The molecule has 1 unspecified atom stereocenters. The minimum atomic E-state index is -1.37. The molecule has 2 fully saturated rings. The molecule has 3 aromatic rings. The van der Waals surface area contributed by atoms with Gasteiger partial charge in [0.2, 0.25) is 47.3 Å². The van der Waals surface area contributed by atoms with E-state index in [1.165, 1.54) is 11.8 Å². The molecule has 0 spiro atoms. The number of amides is 8. The SMILES string of the molecule is CC(=O)N[C@@H](Cc1ccccc1)C(=O)NC1CCCNC(=O)[C@H](CCCN=C(N)N)NC(=O)[C@H](Cc2c[nH]c3ccccc23)NC(=O)[C@@H](CCC(N)=O)NC(=O)[C@@H]2CCCN2C1=O. The number of hydrogen-bond donors (Lipinski definition) is 10. The van der Waals surface area contributed by atoms with E-state index in [9.17, 15) is 38.4 Å². The van der Waals surface area contributed by atoms with Gasteiger partial charge in [0.05, 0.1) is 0 Å². The van der Waals surface area contributed by atoms with Crippen LogP contribution in [0.15, 0.2) is 65.8 Å². The highest BCUT2D eigenvalue weighted by Gasteiger charge is 2.40. The van der Waals surface area contributed by atoms with Gasteiger partial charge in [0.15, 0.2) is 5.96 Å². The number of carbonyl (C=O) groups is 8. The molecule has 63 heavy (non-hydrogen) atoms. The van der Waals surface area contributed by atoms with E-state index in [1.54, 1.807) is 30.5 Å². The molecule has 13 N–H and O–H groups in total. The number of guanidine groups is 1. The zero-order chi connectivity index (χ0) is 45.5. The Hall–Kier alpha value is -6.99. The Morgan fingerprint density at radius 3 is 2.24 bits per heavy atom. The minimum Gasteiger partial charge on any atom is -0.370 e. The first-order chi connectivity index (χ1) is 30.2. The Kier molecular flexibility index (Phi) is 17.0. The van der Waals surface area contributed by atoms with Crippen molar-refractivity contribution >= 4 is 64.1 Å². The van der Waals surface area contributed by atoms with E-state index in [0.29, 0.717) is 12.0 Å². The van der Waals surface area contributed by atoms with E-state index in [1.807, 2.05) is 30.3 Å². The van der Waals surface area contributed by atoms with Gasteiger partial charge < -0.3 is 59.0 Å². The van der Waals surface area contributed by atoms with Crippen LogP contribution in [0.4, 0.5) is 0 Å². The van der Waals surface area contributed by atoms with Crippen LogP contribution in [0.5, 0.6) is 0 Å². The highest BCUT2D eigenvalue weighted by Crippen LogP contribution is 2.22. The molecule has 5 rings (SSSR count). The predicted octanol–water partition coefficient (Wildman–Crippen LogP) is -1.38. The summed E-state index contributed by atoms with van der Waals surface area (Å²) in [6.45, 7) is 1.62. The van der Waals surface area contributed by atoms with Gasteiger partial charge >= 0.3 is 0 Å². The summed E-state index contributed by atoms with van der Waals surface area (Å²) in [6.07, 6.45) is 2.55. The standard InChI is InChI=1S/C43H58N12O8/c1-25(56)50-33(22-26-10-3-2-4-11-26)39(60)53-32-15-8-19-47-37(58)30(14-7-20-48-43(45)46)51-40(61)34(23-27-24-49-29-13-6-5-12-28(27)29)54-38(59)31(17-18-36(44)57)52-41(62)35-16-9-21-55(35)42(32)63/h2-6,10-13,24,30-35,49H,7-9,14-23H2,1H3,(H2,44,57)(H,47,58)(H,50,56)(H,51,61)(H,52,62)(H,53,60)(H,54,59)(H4,45,46,48)/t30-,31+,32?,33-,34-,35-/m0/s1. The van der Waals surface area contributed by atoms with Crippen molar-refractivity contribution in [3.8, 4) is 0 Å². The van der Waals surface area contributed by atoms with Crippen LogP contribution < -0.4 is 49.1 Å². The number of aromatic nitrogens is 1. The van der Waals surface area contributed by atoms with Crippen LogP contribution in [0.3, 0.4) is 0 Å². The second-order valence-corrected chi connectivity index (χ2v) is 15.8. The largest absolute Gasteiger partial charge is 0.370 e. The van der Waals surface area contributed by atoms with Gasteiger partial charge in [-0.25, -0.2) is 0 Å². The predicted molar refractivity (Wildman–Crippen MR) is 233 cm³/mol. The number of para-hydroxylation sites is 1. The van der Waals surface area contributed by atoms with Crippen LogP contribution in [0, 0.1) is 0 Å². The molecule has 0 aliphatic carbocycles. The Morgan fingerprint density at radius 2 is 1.51 bits per heavy atom. The first-order valence-electron chi connectivity index (χ1n) is 21.2. The fourth-order valence-corrected chi connectivity index (χ4v) is 7.85. The molecule has 8 amide bonds. The Labute approximate surface area is 364 Å². The zero-order valence-electron chi connectivity index (χ0n) is 35.3. The van der Waals surface area contributed by atoms with Gasteiger partial charge in [-0.2, -0.15) is 0 Å². The third-order valence-electron chi connectivity index (χ3n) is 11.0. The number of nitrogens with zero attached hydrogens (tertiary/aromatic N) is 2. The molecule has 20 nitrogen and oxygen atoms in total. The number of hydrogen-bond acceptors (Lipinski definition) is 9. The lowest BCUT2D eigenvalue weighted by Crippen LogP contribution is -2.60. The summed E-state index contributed by atoms with van der Waals surface area (Å²) in [5.74, 6) is -5.28. The second-order valence-electron chi connectivity index (χ2n) is 15.8. The molecule has 2 saturated heterocycles. The van der Waals surface area contributed by atoms with Crippen molar-refractivity contribution < 1.29 is 38.4 Å². The molecule has 2 aromatic carbocycles. The van der Waals surface area contributed by atoms with E-state index < -0.39 is 83.5 Å². The molecule has 6 atom stereocenters. The van der Waals surface area contributed by atoms with Gasteiger partial charge in [0, 0.05) is 62.9 Å². The molecule has 2 aliphatic heterocycles. The highest BCUT2D eigenvalue weighted by molar-refractivity contribution is 5.98. The van der Waals surface area contributed by atoms with Crippen LogP contribution in [0.1, 0.15) is 69.4 Å². The smallest absolute Gasteiger partial charge is 0.245 e. The fraction of sp³-hybridized carbons (Fsp3) is 0.465. The van der Waals surface area contributed by atoms with E-state index in [2.05, 4.69) is 41.9 Å². The lowest BCUT2D eigenvalue weighted by Gasteiger charge is -2.31. The lowest BCUT2D eigenvalue weighted by molar-refractivity contribution is -0.142. The van der Waals surface area contributed by atoms with Gasteiger partial charge in [-0.1, -0.05) is 48.5 Å². The summed E-state index contributed by atoms with van der Waals surface area (Å²) in [4.78, 5) is 117. The summed E-state index contributed by atoms with van der Waals surface area (Å²) in [7, 11) is 0. The van der Waals surface area contributed by atoms with Gasteiger partial charge in [-0.3, -0.25) is 43.3 Å². The number of aliphatic imine (C=N–C) groups is 1. The first kappa shape index (κ1) is 47.1. The van der Waals surface area contributed by atoms with Gasteiger partial charge in [0.25, 0.3) is 0 Å².